The zero-order chi connectivity index (χ0) is 10.3. The van der Waals surface area contributed by atoms with E-state index in [9.17, 15) is 0 Å². The van der Waals surface area contributed by atoms with E-state index in [0.717, 1.165) is 34.4 Å². The normalized spacial score (nSPS) is 14.1. The number of aryl methyl sites for hydroxylation is 1. The third kappa shape index (κ3) is 1.41. The molecule has 15 heavy (non-hydrogen) atoms. The maximum absolute atomic E-state index is 5.92. The van der Waals surface area contributed by atoms with E-state index >= 15 is 0 Å². The predicted molar refractivity (Wildman–Crippen MR) is 62.8 cm³/mol. The molecule has 0 bridgehead atoms. The number of imidazole rings is 1. The van der Waals surface area contributed by atoms with Crippen LogP contribution in [-0.4, -0.2) is 15.3 Å². The van der Waals surface area contributed by atoms with Gasteiger partial charge >= 0.3 is 0 Å². The first-order chi connectivity index (χ1) is 7.34. The SMILES string of the molecule is Nc1ccccc1-c1cn2c(n1)SCC2. The highest BCUT2D eigenvalue weighted by Gasteiger charge is 2.15. The topological polar surface area (TPSA) is 43.8 Å². The number of aromatic nitrogens is 2. The smallest absolute Gasteiger partial charge is 0.168 e. The summed E-state index contributed by atoms with van der Waals surface area (Å²) < 4.78 is 2.19. The molecule has 1 aromatic heterocycles. The van der Waals surface area contributed by atoms with Gasteiger partial charge in [0.2, 0.25) is 0 Å². The molecule has 0 saturated carbocycles. The number of nitrogens with zero attached hydrogens (tertiary/aromatic N) is 2. The molecule has 0 radical (unpaired) electrons. The Morgan fingerprint density at radius 1 is 1.33 bits per heavy atom. The van der Waals surface area contributed by atoms with Gasteiger partial charge in [0.25, 0.3) is 0 Å². The first-order valence-corrected chi connectivity index (χ1v) is 5.88. The molecule has 0 spiro atoms. The van der Waals surface area contributed by atoms with Gasteiger partial charge in [0, 0.05) is 29.7 Å². The molecule has 2 aromatic rings. The predicted octanol–water partition coefficient (Wildman–Crippen LogP) is 2.24. The van der Waals surface area contributed by atoms with Crippen molar-refractivity contribution in [2.75, 3.05) is 11.5 Å². The van der Waals surface area contributed by atoms with Gasteiger partial charge in [0.05, 0.1) is 5.69 Å². The van der Waals surface area contributed by atoms with Crippen molar-refractivity contribution < 1.29 is 0 Å². The molecule has 0 unspecified atom stereocenters. The second-order valence-corrected chi connectivity index (χ2v) is 4.60. The lowest BCUT2D eigenvalue weighted by molar-refractivity contribution is 0.719. The van der Waals surface area contributed by atoms with Crippen molar-refractivity contribution in [2.45, 2.75) is 11.7 Å². The Kier molecular flexibility index (Phi) is 1.95. The number of fused-ring (bicyclic) bond motifs is 1. The number of rotatable bonds is 1. The summed E-state index contributed by atoms with van der Waals surface area (Å²) >= 11 is 1.80. The second kappa shape index (κ2) is 3.31. The Hall–Kier alpha value is -1.42. The van der Waals surface area contributed by atoms with Gasteiger partial charge in [-0.3, -0.25) is 0 Å². The Bertz CT molecular complexity index is 483. The molecule has 1 aliphatic heterocycles. The highest BCUT2D eigenvalue weighted by Crippen LogP contribution is 2.31. The molecule has 76 valence electrons. The first kappa shape index (κ1) is 8.85. The maximum Gasteiger partial charge on any atom is 0.168 e. The Balaban J connectivity index is 2.10. The fourth-order valence-corrected chi connectivity index (χ4v) is 2.71. The second-order valence-electron chi connectivity index (χ2n) is 3.54. The molecule has 3 rings (SSSR count). The Morgan fingerprint density at radius 2 is 2.20 bits per heavy atom. The van der Waals surface area contributed by atoms with Crippen LogP contribution in [0.3, 0.4) is 0 Å². The van der Waals surface area contributed by atoms with E-state index in [1.807, 2.05) is 24.3 Å². The number of hydrogen-bond donors (Lipinski definition) is 1. The number of hydrogen-bond acceptors (Lipinski definition) is 3. The summed E-state index contributed by atoms with van der Waals surface area (Å²) in [5, 5.41) is 1.10. The molecule has 2 N–H and O–H groups in total. The van der Waals surface area contributed by atoms with Gasteiger partial charge in [-0.05, 0) is 6.07 Å². The molecule has 0 fully saturated rings. The zero-order valence-electron chi connectivity index (χ0n) is 8.18. The minimum absolute atomic E-state index is 0.791. The first-order valence-electron chi connectivity index (χ1n) is 4.89. The molecule has 0 amide bonds. The zero-order valence-corrected chi connectivity index (χ0v) is 9.00. The van der Waals surface area contributed by atoms with Crippen molar-refractivity contribution in [2.24, 2.45) is 0 Å². The van der Waals surface area contributed by atoms with E-state index in [-0.39, 0.29) is 0 Å². The van der Waals surface area contributed by atoms with Crippen molar-refractivity contribution in [1.29, 1.82) is 0 Å². The molecular weight excluding hydrogens is 206 g/mol. The summed E-state index contributed by atoms with van der Waals surface area (Å²) in [4.78, 5) is 4.57. The molecule has 0 aliphatic carbocycles. The average molecular weight is 217 g/mol. The average Bonchev–Trinajstić information content (AvgIpc) is 2.77. The fourth-order valence-electron chi connectivity index (χ4n) is 1.77. The number of benzene rings is 1. The van der Waals surface area contributed by atoms with E-state index in [2.05, 4.69) is 15.7 Å². The third-order valence-electron chi connectivity index (χ3n) is 2.54. The Morgan fingerprint density at radius 3 is 3.00 bits per heavy atom. The van der Waals surface area contributed by atoms with Gasteiger partial charge in [-0.15, -0.1) is 0 Å². The largest absolute Gasteiger partial charge is 0.398 e. The number of para-hydroxylation sites is 1. The quantitative estimate of drug-likeness (QED) is 0.745. The van der Waals surface area contributed by atoms with Gasteiger partial charge in [-0.25, -0.2) is 4.98 Å². The standard InChI is InChI=1S/C11H11N3S/c12-9-4-2-1-3-8(9)10-7-14-5-6-15-11(14)13-10/h1-4,7H,5-6,12H2. The number of anilines is 1. The van der Waals surface area contributed by atoms with Crippen LogP contribution in [0.4, 0.5) is 5.69 Å². The van der Waals surface area contributed by atoms with E-state index in [0.29, 0.717) is 0 Å². The lowest BCUT2D eigenvalue weighted by Crippen LogP contribution is -1.91. The van der Waals surface area contributed by atoms with Crippen LogP contribution < -0.4 is 5.73 Å². The highest BCUT2D eigenvalue weighted by atomic mass is 32.2. The monoisotopic (exact) mass is 217 g/mol. The van der Waals surface area contributed by atoms with Crippen LogP contribution >= 0.6 is 11.8 Å². The van der Waals surface area contributed by atoms with E-state index in [1.165, 1.54) is 0 Å². The van der Waals surface area contributed by atoms with Crippen LogP contribution in [0, 0.1) is 0 Å². The molecule has 3 nitrogen and oxygen atoms in total. The van der Waals surface area contributed by atoms with Crippen LogP contribution in [0.25, 0.3) is 11.3 Å². The summed E-state index contributed by atoms with van der Waals surface area (Å²) in [6, 6.07) is 7.85. The van der Waals surface area contributed by atoms with Crippen molar-refractivity contribution in [3.8, 4) is 11.3 Å². The van der Waals surface area contributed by atoms with Gasteiger partial charge < -0.3 is 10.3 Å². The van der Waals surface area contributed by atoms with Crippen molar-refractivity contribution in [3.63, 3.8) is 0 Å². The van der Waals surface area contributed by atoms with Crippen LogP contribution in [0.5, 0.6) is 0 Å². The van der Waals surface area contributed by atoms with Gasteiger partial charge in [-0.1, -0.05) is 30.0 Å². The summed E-state index contributed by atoms with van der Waals surface area (Å²) in [7, 11) is 0. The molecule has 0 saturated heterocycles. The summed E-state index contributed by atoms with van der Waals surface area (Å²) in [6.45, 7) is 1.06. The summed E-state index contributed by atoms with van der Waals surface area (Å²) in [6.07, 6.45) is 2.08. The lowest BCUT2D eigenvalue weighted by Gasteiger charge is -2.00. The fraction of sp³-hybridized carbons (Fsp3) is 0.182. The van der Waals surface area contributed by atoms with Gasteiger partial charge in [0.1, 0.15) is 0 Å². The number of nitrogens with two attached hydrogens (primary N) is 1. The minimum Gasteiger partial charge on any atom is -0.398 e. The highest BCUT2D eigenvalue weighted by molar-refractivity contribution is 7.99. The van der Waals surface area contributed by atoms with Crippen LogP contribution in [0.1, 0.15) is 0 Å². The van der Waals surface area contributed by atoms with E-state index < -0.39 is 0 Å². The van der Waals surface area contributed by atoms with Crippen molar-refractivity contribution in [1.82, 2.24) is 9.55 Å². The molecule has 1 aromatic carbocycles. The van der Waals surface area contributed by atoms with E-state index in [1.54, 1.807) is 11.8 Å². The van der Waals surface area contributed by atoms with Crippen molar-refractivity contribution >= 4 is 17.4 Å². The lowest BCUT2D eigenvalue weighted by atomic mass is 10.1. The van der Waals surface area contributed by atoms with Crippen LogP contribution in [-0.2, 0) is 6.54 Å². The minimum atomic E-state index is 0.791. The molecular formula is C11H11N3S. The van der Waals surface area contributed by atoms with Gasteiger partial charge in [-0.2, -0.15) is 0 Å². The summed E-state index contributed by atoms with van der Waals surface area (Å²) in [5.41, 5.74) is 8.72. The molecule has 1 aliphatic rings. The van der Waals surface area contributed by atoms with Crippen molar-refractivity contribution in [3.05, 3.63) is 30.5 Å². The van der Waals surface area contributed by atoms with Crippen LogP contribution in [0.2, 0.25) is 0 Å². The van der Waals surface area contributed by atoms with Gasteiger partial charge in [0.15, 0.2) is 5.16 Å². The number of nitrogen functional groups attached to an aromatic ring is 1. The van der Waals surface area contributed by atoms with E-state index in [4.69, 9.17) is 5.73 Å². The van der Waals surface area contributed by atoms with Crippen LogP contribution in [0.15, 0.2) is 35.6 Å². The molecule has 2 heterocycles. The Labute approximate surface area is 92.3 Å². The maximum atomic E-state index is 5.92. The third-order valence-corrected chi connectivity index (χ3v) is 3.51. The summed E-state index contributed by atoms with van der Waals surface area (Å²) in [5.74, 6) is 1.13. The number of thioether (sulfide) groups is 1. The molecule has 4 heteroatoms. The molecule has 0 atom stereocenters.